The molecule has 0 aromatic heterocycles. The zero-order valence-corrected chi connectivity index (χ0v) is 29.4. The average Bonchev–Trinajstić information content (AvgIpc) is 3.03. The number of aryl methyl sites for hydroxylation is 3. The molecule has 44 heavy (non-hydrogen) atoms. The fourth-order valence-corrected chi connectivity index (χ4v) is 7.42. The van der Waals surface area contributed by atoms with Crippen molar-refractivity contribution in [3.8, 4) is 17.2 Å². The third-order valence-electron chi connectivity index (χ3n) is 8.13. The summed E-state index contributed by atoms with van der Waals surface area (Å²) < 4.78 is 19.1. The van der Waals surface area contributed by atoms with Crippen LogP contribution in [0.25, 0.3) is 0 Å². The quantitative estimate of drug-likeness (QED) is 0.0722. The molecule has 0 atom stereocenters. The van der Waals surface area contributed by atoms with E-state index in [4.69, 9.17) is 25.4 Å². The van der Waals surface area contributed by atoms with Gasteiger partial charge in [0.2, 0.25) is 0 Å². The first-order chi connectivity index (χ1) is 21.5. The zero-order chi connectivity index (χ0) is 31.3. The highest BCUT2D eigenvalue weighted by atomic mass is 32.5. The second kappa shape index (κ2) is 21.4. The second-order valence-corrected chi connectivity index (χ2v) is 14.9. The molecule has 0 aliphatic heterocycles. The van der Waals surface area contributed by atoms with E-state index < -0.39 is 6.72 Å². The summed E-state index contributed by atoms with van der Waals surface area (Å²) >= 11 is 6.02. The monoisotopic (exact) mass is 636 g/mol. The Labute approximate surface area is 274 Å². The Morgan fingerprint density at radius 3 is 0.886 bits per heavy atom. The molecule has 0 saturated heterocycles. The molecule has 0 fully saturated rings. The molecule has 3 aromatic rings. The van der Waals surface area contributed by atoms with Crippen molar-refractivity contribution < 1.29 is 13.6 Å². The van der Waals surface area contributed by atoms with Crippen molar-refractivity contribution in [2.24, 2.45) is 0 Å². The minimum atomic E-state index is -3.20. The number of unbranched alkanes of at least 4 members (excludes halogenated alkanes) is 12. The molecule has 0 N–H and O–H groups in total. The van der Waals surface area contributed by atoms with Gasteiger partial charge in [-0.3, -0.25) is 0 Å². The van der Waals surface area contributed by atoms with Gasteiger partial charge in [0.25, 0.3) is 0 Å². The van der Waals surface area contributed by atoms with E-state index in [-0.39, 0.29) is 0 Å². The van der Waals surface area contributed by atoms with E-state index >= 15 is 0 Å². The highest BCUT2D eigenvalue weighted by molar-refractivity contribution is 8.08. The van der Waals surface area contributed by atoms with Crippen LogP contribution >= 0.6 is 6.72 Å². The van der Waals surface area contributed by atoms with Gasteiger partial charge in [-0.2, -0.15) is 0 Å². The zero-order valence-electron chi connectivity index (χ0n) is 27.7. The summed E-state index contributed by atoms with van der Waals surface area (Å²) in [5.74, 6) is 2.03. The second-order valence-electron chi connectivity index (χ2n) is 12.1. The summed E-state index contributed by atoms with van der Waals surface area (Å²) in [4.78, 5) is 0. The third kappa shape index (κ3) is 14.7. The van der Waals surface area contributed by atoms with Crippen molar-refractivity contribution in [1.29, 1.82) is 0 Å². The first kappa shape index (κ1) is 36.2. The summed E-state index contributed by atoms with van der Waals surface area (Å²) in [5, 5.41) is 0. The molecule has 0 amide bonds. The number of rotatable bonds is 24. The molecule has 242 valence electrons. The first-order valence-electron chi connectivity index (χ1n) is 17.5. The van der Waals surface area contributed by atoms with Gasteiger partial charge >= 0.3 is 6.72 Å². The average molecular weight is 637 g/mol. The first-order valence-corrected chi connectivity index (χ1v) is 20.0. The lowest BCUT2D eigenvalue weighted by atomic mass is 10.1. The molecule has 3 rings (SSSR count). The topological polar surface area (TPSA) is 27.7 Å². The molecular formula is C39H57O3PS. The van der Waals surface area contributed by atoms with Gasteiger partial charge in [0.1, 0.15) is 17.2 Å². The molecule has 0 spiro atoms. The van der Waals surface area contributed by atoms with Crippen molar-refractivity contribution in [1.82, 2.24) is 0 Å². The Morgan fingerprint density at radius 2 is 0.636 bits per heavy atom. The lowest BCUT2D eigenvalue weighted by Crippen LogP contribution is -2.07. The molecule has 0 heterocycles. The van der Waals surface area contributed by atoms with Crippen molar-refractivity contribution in [2.75, 3.05) is 0 Å². The van der Waals surface area contributed by atoms with Crippen LogP contribution in [0.2, 0.25) is 0 Å². The van der Waals surface area contributed by atoms with Gasteiger partial charge in [0.05, 0.1) is 0 Å². The molecule has 3 nitrogen and oxygen atoms in total. The Hall–Kier alpha value is -2.29. The predicted octanol–water partition coefficient (Wildman–Crippen LogP) is 13.0. The van der Waals surface area contributed by atoms with E-state index in [1.807, 2.05) is 36.4 Å². The summed E-state index contributed by atoms with van der Waals surface area (Å²) in [6.45, 7) is 3.57. The number of benzene rings is 3. The van der Waals surface area contributed by atoms with Gasteiger partial charge in [0, 0.05) is 11.8 Å². The summed E-state index contributed by atoms with van der Waals surface area (Å²) in [6.07, 6.45) is 22.5. The fourth-order valence-electron chi connectivity index (χ4n) is 5.39. The van der Waals surface area contributed by atoms with Gasteiger partial charge in [-0.05, 0) is 91.6 Å². The fraction of sp³-hybridized carbons (Fsp3) is 0.538. The third-order valence-corrected chi connectivity index (χ3v) is 10.1. The Morgan fingerprint density at radius 1 is 0.386 bits per heavy atom. The minimum absolute atomic E-state index is 0.676. The van der Waals surface area contributed by atoms with Crippen LogP contribution in [0.5, 0.6) is 17.2 Å². The van der Waals surface area contributed by atoms with Crippen molar-refractivity contribution in [3.05, 3.63) is 89.5 Å². The summed E-state index contributed by atoms with van der Waals surface area (Å²) in [7, 11) is 0. The standard InChI is InChI=1S/C39H57O3PS/c1-4-7-10-13-16-19-34-22-28-37(29-23-34)40-43(44,41-38-30-24-35(25-31-38)20-17-14-11-8-5-2)42-39-32-26-36(27-33-39)21-18-15-12-9-6-3/h22-33H,4-21H2,1-3H3. The largest absolute Gasteiger partial charge is 0.490 e. The molecule has 0 radical (unpaired) electrons. The molecule has 0 aliphatic carbocycles. The van der Waals surface area contributed by atoms with Crippen molar-refractivity contribution in [3.63, 3.8) is 0 Å². The SMILES string of the molecule is CCCCCCCc1ccc(OP(=S)(Oc2ccc(CCCCCCC)cc2)Oc2ccc(CCCCCCC)cc2)cc1. The van der Waals surface area contributed by atoms with Gasteiger partial charge in [0.15, 0.2) is 0 Å². The maximum absolute atomic E-state index is 6.37. The van der Waals surface area contributed by atoms with Crippen LogP contribution in [0.3, 0.4) is 0 Å². The number of hydrogen-bond donors (Lipinski definition) is 0. The molecular weight excluding hydrogens is 579 g/mol. The lowest BCUT2D eigenvalue weighted by molar-refractivity contribution is 0.384. The van der Waals surface area contributed by atoms with Gasteiger partial charge < -0.3 is 13.6 Å². The van der Waals surface area contributed by atoms with Crippen LogP contribution in [0.15, 0.2) is 72.8 Å². The van der Waals surface area contributed by atoms with Crippen LogP contribution in [-0.4, -0.2) is 0 Å². The summed E-state index contributed by atoms with van der Waals surface area (Å²) in [5.41, 5.74) is 3.96. The highest BCUT2D eigenvalue weighted by Crippen LogP contribution is 2.50. The maximum atomic E-state index is 6.37. The van der Waals surface area contributed by atoms with Crippen LogP contribution < -0.4 is 13.6 Å². The predicted molar refractivity (Wildman–Crippen MR) is 193 cm³/mol. The van der Waals surface area contributed by atoms with Crippen molar-refractivity contribution >= 4 is 18.5 Å². The molecule has 3 aromatic carbocycles. The molecule has 0 saturated carbocycles. The maximum Gasteiger partial charge on any atom is 0.490 e. The van der Waals surface area contributed by atoms with Crippen molar-refractivity contribution in [2.45, 2.75) is 136 Å². The van der Waals surface area contributed by atoms with Crippen LogP contribution in [0.1, 0.15) is 134 Å². The Kier molecular flexibility index (Phi) is 17.6. The minimum Gasteiger partial charge on any atom is -0.407 e. The van der Waals surface area contributed by atoms with Gasteiger partial charge in [-0.1, -0.05) is 134 Å². The Bertz CT molecular complexity index is 1040. The molecule has 5 heteroatoms. The van der Waals surface area contributed by atoms with E-state index in [0.29, 0.717) is 17.2 Å². The molecule has 0 bridgehead atoms. The van der Waals surface area contributed by atoms with Gasteiger partial charge in [-0.25, -0.2) is 0 Å². The smallest absolute Gasteiger partial charge is 0.407 e. The van der Waals surface area contributed by atoms with E-state index in [2.05, 4.69) is 57.2 Å². The highest BCUT2D eigenvalue weighted by Gasteiger charge is 2.27. The normalized spacial score (nSPS) is 11.4. The van der Waals surface area contributed by atoms with Gasteiger partial charge in [-0.15, -0.1) is 0 Å². The lowest BCUT2D eigenvalue weighted by Gasteiger charge is -2.23. The van der Waals surface area contributed by atoms with Crippen LogP contribution in [0.4, 0.5) is 0 Å². The molecule has 0 aliphatic rings. The van der Waals surface area contributed by atoms with E-state index in [0.717, 1.165) is 19.3 Å². The van der Waals surface area contributed by atoms with Crippen LogP contribution in [-0.2, 0) is 31.1 Å². The van der Waals surface area contributed by atoms with E-state index in [1.165, 1.54) is 113 Å². The number of hydrogen-bond acceptors (Lipinski definition) is 4. The van der Waals surface area contributed by atoms with E-state index in [1.54, 1.807) is 0 Å². The summed E-state index contributed by atoms with van der Waals surface area (Å²) in [6, 6.07) is 24.8. The van der Waals surface area contributed by atoms with Crippen LogP contribution in [0, 0.1) is 0 Å². The Balaban J connectivity index is 1.65. The molecule has 0 unspecified atom stereocenters. The van der Waals surface area contributed by atoms with E-state index in [9.17, 15) is 0 Å².